The molecule has 0 aliphatic carbocycles. The first-order chi connectivity index (χ1) is 7.70. The summed E-state index contributed by atoms with van der Waals surface area (Å²) >= 11 is 0. The fraction of sp³-hybridized carbons (Fsp3) is 0.231. The smallest absolute Gasteiger partial charge is 0.221 e. The molecular weight excluding hydrogens is 200 g/mol. The Morgan fingerprint density at radius 2 is 2.12 bits per heavy atom. The predicted molar refractivity (Wildman–Crippen MR) is 64.0 cm³/mol. The fourth-order valence-corrected chi connectivity index (χ4v) is 1.80. The fourth-order valence-electron chi connectivity index (χ4n) is 1.80. The number of nitrogens with two attached hydrogens (primary N) is 1. The number of aromatic nitrogens is 1. The molecule has 1 aromatic heterocycles. The Kier molecular flexibility index (Phi) is 2.86. The normalized spacial score (nSPS) is 10.6. The highest BCUT2D eigenvalue weighted by Gasteiger charge is 2.05. The Bertz CT molecular complexity index is 534. The Morgan fingerprint density at radius 1 is 1.31 bits per heavy atom. The number of carbonyl (C=O) groups is 1. The van der Waals surface area contributed by atoms with Gasteiger partial charge in [0.25, 0.3) is 0 Å². The molecule has 3 nitrogen and oxygen atoms in total. The number of hydrogen-bond donors (Lipinski definition) is 1. The summed E-state index contributed by atoms with van der Waals surface area (Å²) in [5.74, 6) is -0.313. The molecular formula is C13H14N2O. The van der Waals surface area contributed by atoms with Gasteiger partial charge in [-0.1, -0.05) is 25.1 Å². The number of carbonyl (C=O) groups excluding carboxylic acids is 1. The molecule has 0 atom stereocenters. The van der Waals surface area contributed by atoms with Gasteiger partial charge in [-0.15, -0.1) is 0 Å². The van der Waals surface area contributed by atoms with Gasteiger partial charge in [-0.2, -0.15) is 0 Å². The van der Waals surface area contributed by atoms with E-state index in [0.717, 1.165) is 28.6 Å². The molecule has 3 heteroatoms. The monoisotopic (exact) mass is 214 g/mol. The molecule has 0 aliphatic heterocycles. The van der Waals surface area contributed by atoms with Gasteiger partial charge >= 0.3 is 0 Å². The van der Waals surface area contributed by atoms with E-state index in [1.165, 1.54) is 0 Å². The van der Waals surface area contributed by atoms with Gasteiger partial charge in [0.15, 0.2) is 0 Å². The first kappa shape index (κ1) is 10.6. The molecule has 1 heterocycles. The van der Waals surface area contributed by atoms with Crippen LogP contribution in [-0.2, 0) is 17.6 Å². The van der Waals surface area contributed by atoms with Crippen molar-refractivity contribution in [2.75, 3.05) is 0 Å². The molecule has 0 bridgehead atoms. The van der Waals surface area contributed by atoms with Gasteiger partial charge in [0.2, 0.25) is 5.91 Å². The lowest BCUT2D eigenvalue weighted by Gasteiger charge is -2.05. The topological polar surface area (TPSA) is 56.0 Å². The van der Waals surface area contributed by atoms with Crippen molar-refractivity contribution in [1.29, 1.82) is 0 Å². The van der Waals surface area contributed by atoms with Crippen molar-refractivity contribution in [1.82, 2.24) is 4.98 Å². The minimum Gasteiger partial charge on any atom is -0.369 e. The van der Waals surface area contributed by atoms with Gasteiger partial charge in [0.05, 0.1) is 11.9 Å². The van der Waals surface area contributed by atoms with E-state index in [0.29, 0.717) is 0 Å². The van der Waals surface area contributed by atoms with Gasteiger partial charge in [-0.25, -0.2) is 0 Å². The summed E-state index contributed by atoms with van der Waals surface area (Å²) in [6.07, 6.45) is 1.18. The number of hydrogen-bond acceptors (Lipinski definition) is 2. The Labute approximate surface area is 94.3 Å². The largest absolute Gasteiger partial charge is 0.369 e. The SMILES string of the molecule is CCc1ccc2c(CC(N)=O)cccc2n1. The predicted octanol–water partition coefficient (Wildman–Crippen LogP) is 1.82. The molecule has 16 heavy (non-hydrogen) atoms. The maximum absolute atomic E-state index is 10.9. The van der Waals surface area contributed by atoms with Crippen LogP contribution in [-0.4, -0.2) is 10.9 Å². The summed E-state index contributed by atoms with van der Waals surface area (Å²) in [6.45, 7) is 2.07. The highest BCUT2D eigenvalue weighted by atomic mass is 16.1. The zero-order valence-electron chi connectivity index (χ0n) is 9.23. The molecule has 2 rings (SSSR count). The van der Waals surface area contributed by atoms with Crippen LogP contribution in [0.25, 0.3) is 10.9 Å². The number of fused-ring (bicyclic) bond motifs is 1. The summed E-state index contributed by atoms with van der Waals surface area (Å²) in [6, 6.07) is 9.79. The van der Waals surface area contributed by atoms with Gasteiger partial charge in [-0.05, 0) is 24.1 Å². The summed E-state index contributed by atoms with van der Waals surface area (Å²) in [5, 5.41) is 1.01. The van der Waals surface area contributed by atoms with Crippen LogP contribution in [0.2, 0.25) is 0 Å². The average molecular weight is 214 g/mol. The molecule has 82 valence electrons. The van der Waals surface area contributed by atoms with Gasteiger partial charge in [0, 0.05) is 11.1 Å². The van der Waals surface area contributed by atoms with Crippen molar-refractivity contribution in [3.63, 3.8) is 0 Å². The number of pyridine rings is 1. The minimum absolute atomic E-state index is 0.268. The molecule has 0 aliphatic rings. The van der Waals surface area contributed by atoms with Crippen molar-refractivity contribution >= 4 is 16.8 Å². The van der Waals surface area contributed by atoms with Gasteiger partial charge < -0.3 is 5.73 Å². The van der Waals surface area contributed by atoms with Crippen LogP contribution < -0.4 is 5.73 Å². The van der Waals surface area contributed by atoms with Crippen LogP contribution in [0.5, 0.6) is 0 Å². The van der Waals surface area contributed by atoms with E-state index in [2.05, 4.69) is 11.9 Å². The number of amides is 1. The number of primary amides is 1. The van der Waals surface area contributed by atoms with Crippen LogP contribution in [0.15, 0.2) is 30.3 Å². The molecule has 2 N–H and O–H groups in total. The Balaban J connectivity index is 2.55. The van der Waals surface area contributed by atoms with Gasteiger partial charge in [0.1, 0.15) is 0 Å². The first-order valence-electron chi connectivity index (χ1n) is 5.36. The zero-order valence-corrected chi connectivity index (χ0v) is 9.23. The standard InChI is InChI=1S/C13H14N2O/c1-2-10-6-7-11-9(8-13(14)16)4-3-5-12(11)15-10/h3-7H,2,8H2,1H3,(H2,14,16). The summed E-state index contributed by atoms with van der Waals surface area (Å²) in [5.41, 5.74) is 8.14. The zero-order chi connectivity index (χ0) is 11.5. The minimum atomic E-state index is -0.313. The van der Waals surface area contributed by atoms with E-state index in [1.54, 1.807) is 0 Å². The first-order valence-corrected chi connectivity index (χ1v) is 5.36. The van der Waals surface area contributed by atoms with Crippen LogP contribution in [0.4, 0.5) is 0 Å². The van der Waals surface area contributed by atoms with Gasteiger partial charge in [-0.3, -0.25) is 9.78 Å². The maximum atomic E-state index is 10.9. The number of benzene rings is 1. The molecule has 0 saturated heterocycles. The van der Waals surface area contributed by atoms with E-state index < -0.39 is 0 Å². The Hall–Kier alpha value is -1.90. The van der Waals surface area contributed by atoms with Crippen molar-refractivity contribution in [2.45, 2.75) is 19.8 Å². The average Bonchev–Trinajstić information content (AvgIpc) is 2.28. The summed E-state index contributed by atoms with van der Waals surface area (Å²) in [7, 11) is 0. The second-order valence-electron chi connectivity index (χ2n) is 3.78. The van der Waals surface area contributed by atoms with Crippen LogP contribution in [0, 0.1) is 0 Å². The van der Waals surface area contributed by atoms with Crippen LogP contribution >= 0.6 is 0 Å². The van der Waals surface area contributed by atoms with E-state index in [-0.39, 0.29) is 12.3 Å². The maximum Gasteiger partial charge on any atom is 0.221 e. The summed E-state index contributed by atoms with van der Waals surface area (Å²) < 4.78 is 0. The molecule has 0 saturated carbocycles. The van der Waals surface area contributed by atoms with E-state index in [1.807, 2.05) is 30.3 Å². The molecule has 0 unspecified atom stereocenters. The number of aryl methyl sites for hydroxylation is 1. The summed E-state index contributed by atoms with van der Waals surface area (Å²) in [4.78, 5) is 15.4. The molecule has 0 spiro atoms. The molecule has 1 aromatic carbocycles. The van der Waals surface area contributed by atoms with Crippen molar-refractivity contribution in [3.8, 4) is 0 Å². The van der Waals surface area contributed by atoms with E-state index >= 15 is 0 Å². The van der Waals surface area contributed by atoms with Crippen molar-refractivity contribution < 1.29 is 4.79 Å². The highest BCUT2D eigenvalue weighted by molar-refractivity contribution is 5.87. The van der Waals surface area contributed by atoms with E-state index in [9.17, 15) is 4.79 Å². The molecule has 1 amide bonds. The molecule has 0 radical (unpaired) electrons. The number of nitrogens with zero attached hydrogens (tertiary/aromatic N) is 1. The lowest BCUT2D eigenvalue weighted by Crippen LogP contribution is -2.13. The molecule has 0 fully saturated rings. The third-order valence-electron chi connectivity index (χ3n) is 2.61. The van der Waals surface area contributed by atoms with Crippen LogP contribution in [0.3, 0.4) is 0 Å². The second-order valence-corrected chi connectivity index (χ2v) is 3.78. The van der Waals surface area contributed by atoms with Crippen LogP contribution in [0.1, 0.15) is 18.2 Å². The second kappa shape index (κ2) is 4.31. The Morgan fingerprint density at radius 3 is 2.81 bits per heavy atom. The third kappa shape index (κ3) is 2.03. The van der Waals surface area contributed by atoms with Crippen molar-refractivity contribution in [3.05, 3.63) is 41.6 Å². The molecule has 2 aromatic rings. The third-order valence-corrected chi connectivity index (χ3v) is 2.61. The van der Waals surface area contributed by atoms with E-state index in [4.69, 9.17) is 5.73 Å². The lowest BCUT2D eigenvalue weighted by molar-refractivity contribution is -0.117. The number of rotatable bonds is 3. The lowest BCUT2D eigenvalue weighted by atomic mass is 10.0. The van der Waals surface area contributed by atoms with Crippen molar-refractivity contribution in [2.24, 2.45) is 5.73 Å². The highest BCUT2D eigenvalue weighted by Crippen LogP contribution is 2.18. The quantitative estimate of drug-likeness (QED) is 0.847.